The number of methoxy groups -OCH3 is 2. The molecule has 10 heteroatoms. The van der Waals surface area contributed by atoms with E-state index in [-0.39, 0.29) is 27.5 Å². The van der Waals surface area contributed by atoms with Gasteiger partial charge < -0.3 is 9.47 Å². The number of aromatic nitrogens is 1. The van der Waals surface area contributed by atoms with Gasteiger partial charge in [-0.2, -0.15) is 23.7 Å². The number of halogens is 3. The summed E-state index contributed by atoms with van der Waals surface area (Å²) in [6.45, 7) is 1.42. The third kappa shape index (κ3) is 5.77. The van der Waals surface area contributed by atoms with E-state index in [4.69, 9.17) is 10.00 Å². The maximum atomic E-state index is 13.1. The van der Waals surface area contributed by atoms with Gasteiger partial charge in [0, 0.05) is 11.3 Å². The molecule has 6 nitrogen and oxygen atoms in total. The molecule has 0 amide bonds. The Bertz CT molecular complexity index is 1120. The van der Waals surface area contributed by atoms with Gasteiger partial charge in [-0.3, -0.25) is 0 Å². The van der Waals surface area contributed by atoms with Gasteiger partial charge >= 0.3 is 12.1 Å². The number of benzene rings is 1. The van der Waals surface area contributed by atoms with Crippen molar-refractivity contribution in [3.8, 4) is 17.9 Å². The summed E-state index contributed by atoms with van der Waals surface area (Å²) in [5.41, 5.74) is 0.00878. The quantitative estimate of drug-likeness (QED) is 0.275. The normalized spacial score (nSPS) is 11.4. The van der Waals surface area contributed by atoms with Crippen molar-refractivity contribution in [1.82, 2.24) is 4.98 Å². The zero-order valence-electron chi connectivity index (χ0n) is 16.7. The number of nitriles is 2. The number of hydrogen-bond acceptors (Lipinski definition) is 7. The molecular formula is C21H16F3N3O3S. The zero-order chi connectivity index (χ0) is 23.2. The second kappa shape index (κ2) is 10.0. The lowest BCUT2D eigenvalue weighted by Crippen LogP contribution is -2.10. The van der Waals surface area contributed by atoms with Crippen LogP contribution in [0.1, 0.15) is 27.9 Å². The van der Waals surface area contributed by atoms with Crippen molar-refractivity contribution in [2.75, 3.05) is 14.2 Å². The molecule has 1 aromatic carbocycles. The Morgan fingerprint density at radius 1 is 1.26 bits per heavy atom. The van der Waals surface area contributed by atoms with Crippen molar-refractivity contribution < 1.29 is 27.4 Å². The molecule has 0 N–H and O–H groups in total. The lowest BCUT2D eigenvalue weighted by atomic mass is 10.1. The third-order valence-corrected chi connectivity index (χ3v) is 5.12. The van der Waals surface area contributed by atoms with Crippen LogP contribution in [0.5, 0.6) is 5.75 Å². The highest BCUT2D eigenvalue weighted by Crippen LogP contribution is 2.35. The van der Waals surface area contributed by atoms with Crippen molar-refractivity contribution >= 4 is 23.8 Å². The predicted octanol–water partition coefficient (Wildman–Crippen LogP) is 4.66. The molecule has 2 rings (SSSR count). The summed E-state index contributed by atoms with van der Waals surface area (Å²) in [5.74, 6) is -0.215. The number of thioether (sulfide) groups is 1. The molecule has 0 radical (unpaired) electrons. The number of rotatable bonds is 6. The fourth-order valence-electron chi connectivity index (χ4n) is 2.59. The second-order valence-electron chi connectivity index (χ2n) is 6.14. The molecule has 0 spiro atoms. The van der Waals surface area contributed by atoms with Crippen molar-refractivity contribution in [3.63, 3.8) is 0 Å². The van der Waals surface area contributed by atoms with Crippen molar-refractivity contribution in [3.05, 3.63) is 57.8 Å². The standard InChI is InChI=1S/C21H16F3N3O3S/c1-12-6-18(21(22,23)24)27-19(16(12)10-26)31-11-15-8-13(4-5-17(15)29-2)7-14(9-25)20(28)30-3/h4-8H,11H2,1-3H3/b14-7+. The number of alkyl halides is 3. The molecule has 0 unspecified atom stereocenters. The molecule has 0 bridgehead atoms. The van der Waals surface area contributed by atoms with Gasteiger partial charge in [0.2, 0.25) is 0 Å². The Kier molecular flexibility index (Phi) is 7.67. The van der Waals surface area contributed by atoms with Crippen molar-refractivity contribution in [2.45, 2.75) is 23.9 Å². The zero-order valence-corrected chi connectivity index (χ0v) is 17.5. The number of ether oxygens (including phenoxy) is 2. The second-order valence-corrected chi connectivity index (χ2v) is 7.10. The summed E-state index contributed by atoms with van der Waals surface area (Å²) in [7, 11) is 2.59. The van der Waals surface area contributed by atoms with Crippen LogP contribution >= 0.6 is 11.8 Å². The van der Waals surface area contributed by atoms with Gasteiger partial charge in [0.05, 0.1) is 19.8 Å². The smallest absolute Gasteiger partial charge is 0.433 e. The molecule has 1 heterocycles. The highest BCUT2D eigenvalue weighted by Gasteiger charge is 2.34. The summed E-state index contributed by atoms with van der Waals surface area (Å²) >= 11 is 0.952. The first kappa shape index (κ1) is 23.8. The molecule has 31 heavy (non-hydrogen) atoms. The Balaban J connectivity index is 2.43. The number of aryl methyl sites for hydroxylation is 1. The predicted molar refractivity (Wildman–Crippen MR) is 107 cm³/mol. The summed E-state index contributed by atoms with van der Waals surface area (Å²) in [6, 6.07) is 9.31. The number of esters is 1. The first-order valence-corrected chi connectivity index (χ1v) is 9.61. The van der Waals surface area contributed by atoms with Crippen molar-refractivity contribution in [1.29, 1.82) is 10.5 Å². The molecule has 2 aromatic rings. The lowest BCUT2D eigenvalue weighted by molar-refractivity contribution is -0.141. The van der Waals surface area contributed by atoms with Gasteiger partial charge in [0.25, 0.3) is 0 Å². The van der Waals surface area contributed by atoms with E-state index in [0.717, 1.165) is 24.9 Å². The topological polar surface area (TPSA) is 96.0 Å². The van der Waals surface area contributed by atoms with E-state index >= 15 is 0 Å². The molecule has 0 aliphatic carbocycles. The van der Waals surface area contributed by atoms with Crippen LogP contribution in [0.3, 0.4) is 0 Å². The monoisotopic (exact) mass is 447 g/mol. The Morgan fingerprint density at radius 3 is 2.52 bits per heavy atom. The van der Waals surface area contributed by atoms with Crippen LogP contribution in [0, 0.1) is 29.6 Å². The van der Waals surface area contributed by atoms with E-state index in [2.05, 4.69) is 9.72 Å². The SMILES string of the molecule is COC(=O)/C(C#N)=C/c1ccc(OC)c(CSc2nc(C(F)(F)F)cc(C)c2C#N)c1. The van der Waals surface area contributed by atoms with E-state index < -0.39 is 17.8 Å². The lowest BCUT2D eigenvalue weighted by Gasteiger charge is -2.13. The average molecular weight is 447 g/mol. The molecule has 160 valence electrons. The Labute approximate surface area is 180 Å². The molecule has 0 fully saturated rings. The largest absolute Gasteiger partial charge is 0.496 e. The number of carbonyl (C=O) groups excluding carboxylic acids is 1. The van der Waals surface area contributed by atoms with Gasteiger partial charge in [0.15, 0.2) is 0 Å². The third-order valence-electron chi connectivity index (χ3n) is 4.09. The van der Waals surface area contributed by atoms with Crippen LogP contribution < -0.4 is 4.74 Å². The molecule has 0 saturated carbocycles. The summed E-state index contributed by atoms with van der Waals surface area (Å²) in [5, 5.41) is 18.4. The highest BCUT2D eigenvalue weighted by molar-refractivity contribution is 7.98. The molecule has 0 aliphatic rings. The van der Waals surface area contributed by atoms with Gasteiger partial charge in [-0.15, -0.1) is 11.8 Å². The summed E-state index contributed by atoms with van der Waals surface area (Å²) in [6.07, 6.45) is -3.31. The van der Waals surface area contributed by atoms with Crippen LogP contribution in [0.25, 0.3) is 6.08 Å². The van der Waals surface area contributed by atoms with Gasteiger partial charge in [-0.25, -0.2) is 9.78 Å². The van der Waals surface area contributed by atoms with Gasteiger partial charge in [-0.05, 0) is 42.3 Å². The molecule has 0 saturated heterocycles. The highest BCUT2D eigenvalue weighted by atomic mass is 32.2. The van der Waals surface area contributed by atoms with Crippen LogP contribution in [-0.4, -0.2) is 25.2 Å². The van der Waals surface area contributed by atoms with Crippen LogP contribution in [0.2, 0.25) is 0 Å². The molecule has 1 aromatic heterocycles. The molecule has 0 aliphatic heterocycles. The van der Waals surface area contributed by atoms with Gasteiger partial charge in [-0.1, -0.05) is 6.07 Å². The maximum absolute atomic E-state index is 13.1. The fourth-order valence-corrected chi connectivity index (χ4v) is 3.62. The van der Waals surface area contributed by atoms with Crippen LogP contribution in [0.15, 0.2) is 34.9 Å². The Hall–Kier alpha value is -3.50. The summed E-state index contributed by atoms with van der Waals surface area (Å²) < 4.78 is 49.2. The van der Waals surface area contributed by atoms with E-state index in [0.29, 0.717) is 16.9 Å². The first-order chi connectivity index (χ1) is 14.6. The maximum Gasteiger partial charge on any atom is 0.433 e. The number of nitrogens with zero attached hydrogens (tertiary/aromatic N) is 3. The van der Waals surface area contributed by atoms with E-state index in [1.807, 2.05) is 6.07 Å². The number of hydrogen-bond donors (Lipinski definition) is 0. The Morgan fingerprint density at radius 2 is 1.97 bits per heavy atom. The van der Waals surface area contributed by atoms with E-state index in [9.17, 15) is 23.2 Å². The van der Waals surface area contributed by atoms with Crippen LogP contribution in [-0.2, 0) is 21.5 Å². The minimum Gasteiger partial charge on any atom is -0.496 e. The number of pyridine rings is 1. The minimum absolute atomic E-state index is 0.0508. The number of carbonyl (C=O) groups is 1. The van der Waals surface area contributed by atoms with Gasteiger partial charge in [0.1, 0.15) is 34.2 Å². The van der Waals surface area contributed by atoms with Crippen LogP contribution in [0.4, 0.5) is 13.2 Å². The minimum atomic E-state index is -4.64. The van der Waals surface area contributed by atoms with Crippen molar-refractivity contribution in [2.24, 2.45) is 0 Å². The van der Waals surface area contributed by atoms with E-state index in [1.165, 1.54) is 20.1 Å². The fraction of sp³-hybridized carbons (Fsp3) is 0.238. The van der Waals surface area contributed by atoms with E-state index in [1.54, 1.807) is 24.3 Å². The molecule has 0 atom stereocenters. The average Bonchev–Trinajstić information content (AvgIpc) is 2.74. The first-order valence-electron chi connectivity index (χ1n) is 8.63. The summed E-state index contributed by atoms with van der Waals surface area (Å²) in [4.78, 5) is 15.2. The molecular weight excluding hydrogens is 431 g/mol.